The summed E-state index contributed by atoms with van der Waals surface area (Å²) in [5.74, 6) is 0.295. The van der Waals surface area contributed by atoms with Gasteiger partial charge in [0.25, 0.3) is 5.91 Å². The average molecular weight is 291 g/mol. The number of halogens is 2. The van der Waals surface area contributed by atoms with E-state index in [9.17, 15) is 4.79 Å². The average Bonchev–Trinajstić information content (AvgIpc) is 3.13. The number of carbonyl (C=O) groups excluding carboxylic acids is 1. The van der Waals surface area contributed by atoms with Crippen LogP contribution >= 0.6 is 23.2 Å². The second kappa shape index (κ2) is 5.51. The van der Waals surface area contributed by atoms with Gasteiger partial charge in [0.05, 0.1) is 5.02 Å². The van der Waals surface area contributed by atoms with E-state index in [1.54, 1.807) is 17.7 Å². The van der Waals surface area contributed by atoms with Crippen molar-refractivity contribution < 1.29 is 9.90 Å². The maximum atomic E-state index is 12.1. The fourth-order valence-corrected chi connectivity index (χ4v) is 2.44. The van der Waals surface area contributed by atoms with Crippen LogP contribution < -0.4 is 5.32 Å². The highest BCUT2D eigenvalue weighted by atomic mass is 35.5. The normalized spacial score (nSPS) is 16.7. The molecule has 1 aliphatic carbocycles. The number of nitrogens with one attached hydrogen (secondary N) is 1. The van der Waals surface area contributed by atoms with Gasteiger partial charge in [-0.3, -0.25) is 4.79 Å². The second-order valence-corrected chi connectivity index (χ2v) is 5.42. The Morgan fingerprint density at radius 2 is 2.28 bits per heavy atom. The van der Waals surface area contributed by atoms with E-state index in [-0.39, 0.29) is 18.6 Å². The van der Waals surface area contributed by atoms with Crippen molar-refractivity contribution in [2.75, 3.05) is 6.61 Å². The molecule has 100 valence electrons. The third kappa shape index (κ3) is 2.82. The lowest BCUT2D eigenvalue weighted by molar-refractivity contribution is 0.0916. The molecule has 1 unspecified atom stereocenters. The first-order valence-electron chi connectivity index (χ1n) is 5.97. The van der Waals surface area contributed by atoms with Crippen LogP contribution in [0.4, 0.5) is 0 Å². The van der Waals surface area contributed by atoms with Gasteiger partial charge in [0, 0.05) is 19.7 Å². The molecule has 2 N–H and O–H groups in total. The first kappa shape index (κ1) is 13.7. The predicted molar refractivity (Wildman–Crippen MR) is 71.1 cm³/mol. The van der Waals surface area contributed by atoms with Crippen molar-refractivity contribution in [3.05, 3.63) is 21.9 Å². The molecule has 1 aromatic rings. The predicted octanol–water partition coefficient (Wildman–Crippen LogP) is 2.22. The first-order chi connectivity index (χ1) is 8.54. The zero-order valence-corrected chi connectivity index (χ0v) is 11.6. The fourth-order valence-electron chi connectivity index (χ4n) is 2.07. The molecule has 18 heavy (non-hydrogen) atoms. The molecule has 6 heteroatoms. The molecule has 0 bridgehead atoms. The van der Waals surface area contributed by atoms with Gasteiger partial charge in [0.1, 0.15) is 10.8 Å². The summed E-state index contributed by atoms with van der Waals surface area (Å²) >= 11 is 11.8. The molecule has 0 aromatic carbocycles. The molecule has 1 amide bonds. The van der Waals surface area contributed by atoms with Crippen LogP contribution in [0.2, 0.25) is 10.2 Å². The molecule has 1 aromatic heterocycles. The Bertz CT molecular complexity index is 455. The van der Waals surface area contributed by atoms with Gasteiger partial charge >= 0.3 is 0 Å². The summed E-state index contributed by atoms with van der Waals surface area (Å²) in [7, 11) is 1.70. The second-order valence-electron chi connectivity index (χ2n) is 4.66. The summed E-state index contributed by atoms with van der Waals surface area (Å²) in [6, 6.07) is 1.59. The van der Waals surface area contributed by atoms with Crippen molar-refractivity contribution in [2.24, 2.45) is 13.0 Å². The lowest BCUT2D eigenvalue weighted by Gasteiger charge is -2.17. The van der Waals surface area contributed by atoms with E-state index in [1.807, 2.05) is 0 Å². The van der Waals surface area contributed by atoms with Crippen molar-refractivity contribution in [1.29, 1.82) is 0 Å². The molecule has 1 heterocycles. The minimum atomic E-state index is -0.198. The summed E-state index contributed by atoms with van der Waals surface area (Å²) in [6.07, 6.45) is 2.81. The summed E-state index contributed by atoms with van der Waals surface area (Å²) in [6.45, 7) is 0.0795. The molecular weight excluding hydrogens is 275 g/mol. The van der Waals surface area contributed by atoms with E-state index in [2.05, 4.69) is 5.32 Å². The van der Waals surface area contributed by atoms with E-state index in [0.29, 0.717) is 28.2 Å². The molecule has 4 nitrogen and oxygen atoms in total. The minimum Gasteiger partial charge on any atom is -0.396 e. The van der Waals surface area contributed by atoms with Gasteiger partial charge in [0.2, 0.25) is 0 Å². The Balaban J connectivity index is 2.08. The number of rotatable bonds is 5. The maximum Gasteiger partial charge on any atom is 0.268 e. The largest absolute Gasteiger partial charge is 0.396 e. The summed E-state index contributed by atoms with van der Waals surface area (Å²) < 4.78 is 1.56. The van der Waals surface area contributed by atoms with Crippen molar-refractivity contribution in [3.63, 3.8) is 0 Å². The van der Waals surface area contributed by atoms with Crippen molar-refractivity contribution in [2.45, 2.75) is 25.3 Å². The number of aromatic nitrogens is 1. The quantitative estimate of drug-likeness (QED) is 0.874. The molecule has 0 aliphatic heterocycles. The van der Waals surface area contributed by atoms with Gasteiger partial charge in [-0.2, -0.15) is 0 Å². The van der Waals surface area contributed by atoms with E-state index in [4.69, 9.17) is 28.3 Å². The van der Waals surface area contributed by atoms with Gasteiger partial charge in [-0.25, -0.2) is 0 Å². The Labute approximate surface area is 116 Å². The molecule has 0 radical (unpaired) electrons. The molecule has 1 atom stereocenters. The summed E-state index contributed by atoms with van der Waals surface area (Å²) in [5, 5.41) is 12.7. The number of aliphatic hydroxyl groups is 1. The van der Waals surface area contributed by atoms with Crippen LogP contribution in [-0.2, 0) is 7.05 Å². The number of hydrogen-bond acceptors (Lipinski definition) is 2. The van der Waals surface area contributed by atoms with Gasteiger partial charge in [-0.15, -0.1) is 0 Å². The van der Waals surface area contributed by atoms with E-state index >= 15 is 0 Å². The maximum absolute atomic E-state index is 12.1. The topological polar surface area (TPSA) is 54.3 Å². The molecule has 1 saturated carbocycles. The molecule has 0 spiro atoms. The molecule has 1 fully saturated rings. The lowest BCUT2D eigenvalue weighted by Crippen LogP contribution is -2.37. The van der Waals surface area contributed by atoms with Gasteiger partial charge in [-0.1, -0.05) is 23.2 Å². The Kier molecular flexibility index (Phi) is 4.20. The van der Waals surface area contributed by atoms with Gasteiger partial charge in [-0.05, 0) is 31.2 Å². The highest BCUT2D eigenvalue weighted by Crippen LogP contribution is 2.34. The van der Waals surface area contributed by atoms with E-state index < -0.39 is 0 Å². The van der Waals surface area contributed by atoms with Crippen LogP contribution in [0.5, 0.6) is 0 Å². The molecular formula is C12H16Cl2N2O2. The van der Waals surface area contributed by atoms with Crippen LogP contribution in [0.1, 0.15) is 29.8 Å². The Morgan fingerprint density at radius 1 is 1.61 bits per heavy atom. The highest BCUT2D eigenvalue weighted by molar-refractivity contribution is 6.41. The Morgan fingerprint density at radius 3 is 2.72 bits per heavy atom. The molecule has 0 saturated heterocycles. The lowest BCUT2D eigenvalue weighted by atomic mass is 10.1. The minimum absolute atomic E-state index is 0.0370. The van der Waals surface area contributed by atoms with E-state index in [0.717, 1.165) is 12.8 Å². The summed E-state index contributed by atoms with van der Waals surface area (Å²) in [5.41, 5.74) is 0.439. The summed E-state index contributed by atoms with van der Waals surface area (Å²) in [4.78, 5) is 12.1. The monoisotopic (exact) mass is 290 g/mol. The fraction of sp³-hybridized carbons (Fsp3) is 0.583. The highest BCUT2D eigenvalue weighted by Gasteiger charge is 2.32. The number of amides is 1. The number of carbonyl (C=O) groups is 1. The third-order valence-electron chi connectivity index (χ3n) is 3.30. The van der Waals surface area contributed by atoms with Crippen molar-refractivity contribution in [3.8, 4) is 0 Å². The first-order valence-corrected chi connectivity index (χ1v) is 6.72. The van der Waals surface area contributed by atoms with Crippen molar-refractivity contribution >= 4 is 29.1 Å². The third-order valence-corrected chi connectivity index (χ3v) is 4.14. The number of hydrogen-bond donors (Lipinski definition) is 2. The molecule has 1 aliphatic rings. The smallest absolute Gasteiger partial charge is 0.268 e. The van der Waals surface area contributed by atoms with Crippen LogP contribution in [0.3, 0.4) is 0 Å². The van der Waals surface area contributed by atoms with E-state index in [1.165, 1.54) is 0 Å². The van der Waals surface area contributed by atoms with Crippen molar-refractivity contribution in [1.82, 2.24) is 9.88 Å². The van der Waals surface area contributed by atoms with Crippen LogP contribution in [0.15, 0.2) is 6.07 Å². The van der Waals surface area contributed by atoms with Gasteiger partial charge < -0.3 is 15.0 Å². The van der Waals surface area contributed by atoms with Crippen LogP contribution in [0, 0.1) is 5.92 Å². The Hall–Kier alpha value is -0.710. The standard InChI is InChI=1S/C12H16Cl2N2O2/c1-16-10(6-8(13)11(16)14)12(18)15-9(4-5-17)7-2-3-7/h6-7,9,17H,2-5H2,1H3,(H,15,18). The van der Waals surface area contributed by atoms with Crippen LogP contribution in [-0.4, -0.2) is 28.2 Å². The zero-order valence-electron chi connectivity index (χ0n) is 10.1. The number of aliphatic hydroxyl groups excluding tert-OH is 1. The zero-order chi connectivity index (χ0) is 13.3. The number of nitrogens with zero attached hydrogens (tertiary/aromatic N) is 1. The SMILES string of the molecule is Cn1c(C(=O)NC(CCO)C2CC2)cc(Cl)c1Cl. The van der Waals surface area contributed by atoms with Crippen LogP contribution in [0.25, 0.3) is 0 Å². The van der Waals surface area contributed by atoms with Gasteiger partial charge in [0.15, 0.2) is 0 Å². The molecule has 2 rings (SSSR count).